The van der Waals surface area contributed by atoms with Crippen molar-refractivity contribution < 1.29 is 9.59 Å². The van der Waals surface area contributed by atoms with Crippen LogP contribution < -0.4 is 0 Å². The molecule has 1 aromatic heterocycles. The lowest BCUT2D eigenvalue weighted by atomic mass is 10.1. The minimum absolute atomic E-state index is 0.186. The molecule has 5 heteroatoms. The van der Waals surface area contributed by atoms with Gasteiger partial charge in [0.2, 0.25) is 0 Å². The molecule has 0 N–H and O–H groups in total. The molecule has 1 aromatic carbocycles. The van der Waals surface area contributed by atoms with E-state index in [1.165, 1.54) is 4.90 Å². The Morgan fingerprint density at radius 3 is 2.14 bits per heavy atom. The van der Waals surface area contributed by atoms with Crippen LogP contribution in [0.3, 0.4) is 0 Å². The van der Waals surface area contributed by atoms with E-state index in [1.807, 2.05) is 24.6 Å². The van der Waals surface area contributed by atoms with E-state index >= 15 is 0 Å². The van der Waals surface area contributed by atoms with Crippen molar-refractivity contribution >= 4 is 11.8 Å². The van der Waals surface area contributed by atoms with Gasteiger partial charge < -0.3 is 4.57 Å². The van der Waals surface area contributed by atoms with Crippen LogP contribution >= 0.6 is 0 Å². The zero-order valence-electron chi connectivity index (χ0n) is 12.2. The normalized spacial score (nSPS) is 13.9. The Balaban J connectivity index is 1.66. The first-order valence-electron chi connectivity index (χ1n) is 7.03. The second-order valence-corrected chi connectivity index (χ2v) is 5.28. The molecule has 21 heavy (non-hydrogen) atoms. The number of nitrogens with zero attached hydrogens (tertiary/aromatic N) is 3. The van der Waals surface area contributed by atoms with Gasteiger partial charge in [-0.25, -0.2) is 4.98 Å². The second kappa shape index (κ2) is 5.16. The Hall–Kier alpha value is -2.43. The molecule has 0 bridgehead atoms. The number of hydrogen-bond donors (Lipinski definition) is 0. The van der Waals surface area contributed by atoms with Gasteiger partial charge in [0, 0.05) is 19.3 Å². The van der Waals surface area contributed by atoms with Crippen LogP contribution in [0.5, 0.6) is 0 Å². The van der Waals surface area contributed by atoms with Crippen LogP contribution in [0, 0.1) is 13.8 Å². The Labute approximate surface area is 123 Å². The maximum absolute atomic E-state index is 12.2. The molecule has 0 atom stereocenters. The summed E-state index contributed by atoms with van der Waals surface area (Å²) in [6.07, 6.45) is 2.71. The molecule has 0 spiro atoms. The van der Waals surface area contributed by atoms with Crippen molar-refractivity contribution in [2.45, 2.75) is 26.8 Å². The SMILES string of the molecule is Cc1cn(CCCN2C(=O)c3ccccc3C2=O)c(C)n1. The summed E-state index contributed by atoms with van der Waals surface area (Å²) in [6.45, 7) is 5.09. The molecule has 0 saturated carbocycles. The lowest BCUT2D eigenvalue weighted by molar-refractivity contribution is 0.0651. The fourth-order valence-corrected chi connectivity index (χ4v) is 2.73. The largest absolute Gasteiger partial charge is 0.335 e. The van der Waals surface area contributed by atoms with Crippen LogP contribution in [-0.4, -0.2) is 32.8 Å². The molecule has 5 nitrogen and oxygen atoms in total. The number of imide groups is 1. The van der Waals surface area contributed by atoms with Crippen LogP contribution in [0.15, 0.2) is 30.5 Å². The first-order chi connectivity index (χ1) is 10.1. The van der Waals surface area contributed by atoms with Gasteiger partial charge in [0.1, 0.15) is 5.82 Å². The number of benzene rings is 1. The fraction of sp³-hybridized carbons (Fsp3) is 0.312. The number of carbonyl (C=O) groups excluding carboxylic acids is 2. The average molecular weight is 283 g/mol. The van der Waals surface area contributed by atoms with Gasteiger partial charge in [0.25, 0.3) is 11.8 Å². The highest BCUT2D eigenvalue weighted by Crippen LogP contribution is 2.22. The van der Waals surface area contributed by atoms with Gasteiger partial charge in [-0.05, 0) is 32.4 Å². The molecule has 2 heterocycles. The van der Waals surface area contributed by atoms with Crippen LogP contribution in [0.25, 0.3) is 0 Å². The van der Waals surface area contributed by atoms with Gasteiger partial charge in [-0.15, -0.1) is 0 Å². The van der Waals surface area contributed by atoms with Crippen molar-refractivity contribution in [3.05, 3.63) is 53.1 Å². The van der Waals surface area contributed by atoms with Gasteiger partial charge in [-0.3, -0.25) is 14.5 Å². The van der Waals surface area contributed by atoms with Crippen molar-refractivity contribution in [1.29, 1.82) is 0 Å². The van der Waals surface area contributed by atoms with E-state index in [2.05, 4.69) is 4.98 Å². The van der Waals surface area contributed by atoms with E-state index in [0.29, 0.717) is 17.7 Å². The lowest BCUT2D eigenvalue weighted by Gasteiger charge is -2.14. The Kier molecular flexibility index (Phi) is 3.33. The summed E-state index contributed by atoms with van der Waals surface area (Å²) in [6, 6.07) is 6.98. The molecule has 0 fully saturated rings. The van der Waals surface area contributed by atoms with Crippen LogP contribution in [-0.2, 0) is 6.54 Å². The minimum Gasteiger partial charge on any atom is -0.335 e. The quantitative estimate of drug-likeness (QED) is 0.808. The van der Waals surface area contributed by atoms with Crippen molar-refractivity contribution in [2.75, 3.05) is 6.54 Å². The Morgan fingerprint density at radius 2 is 1.62 bits per heavy atom. The van der Waals surface area contributed by atoms with E-state index in [1.54, 1.807) is 24.3 Å². The molecule has 0 aliphatic carbocycles. The third-order valence-corrected chi connectivity index (χ3v) is 3.76. The van der Waals surface area contributed by atoms with Gasteiger partial charge in [0.15, 0.2) is 0 Å². The highest BCUT2D eigenvalue weighted by Gasteiger charge is 2.34. The zero-order valence-corrected chi connectivity index (χ0v) is 12.2. The highest BCUT2D eigenvalue weighted by molar-refractivity contribution is 6.21. The molecule has 3 rings (SSSR count). The molecule has 0 saturated heterocycles. The maximum Gasteiger partial charge on any atom is 0.261 e. The molecule has 0 unspecified atom stereocenters. The molecule has 2 amide bonds. The molecular weight excluding hydrogens is 266 g/mol. The predicted octanol–water partition coefficient (Wildman–Crippen LogP) is 2.19. The maximum atomic E-state index is 12.2. The summed E-state index contributed by atoms with van der Waals surface area (Å²) in [4.78, 5) is 30.1. The number of aryl methyl sites for hydroxylation is 3. The number of fused-ring (bicyclic) bond motifs is 1. The summed E-state index contributed by atoms with van der Waals surface area (Å²) in [5.41, 5.74) is 2.00. The standard InChI is InChI=1S/C16H17N3O2/c1-11-10-18(12(2)17-11)8-5-9-19-15(20)13-6-3-4-7-14(13)16(19)21/h3-4,6-7,10H,5,8-9H2,1-2H3. The fourth-order valence-electron chi connectivity index (χ4n) is 2.73. The monoisotopic (exact) mass is 283 g/mol. The number of imidazole rings is 1. The summed E-state index contributed by atoms with van der Waals surface area (Å²) in [5.74, 6) is 0.582. The summed E-state index contributed by atoms with van der Waals surface area (Å²) in [5, 5.41) is 0. The van der Waals surface area contributed by atoms with Crippen molar-refractivity contribution in [3.8, 4) is 0 Å². The minimum atomic E-state index is -0.186. The smallest absolute Gasteiger partial charge is 0.261 e. The van der Waals surface area contributed by atoms with Crippen molar-refractivity contribution in [2.24, 2.45) is 0 Å². The number of aromatic nitrogens is 2. The van der Waals surface area contributed by atoms with Crippen molar-refractivity contribution in [1.82, 2.24) is 14.5 Å². The van der Waals surface area contributed by atoms with Crippen LogP contribution in [0.1, 0.15) is 38.7 Å². The topological polar surface area (TPSA) is 55.2 Å². The van der Waals surface area contributed by atoms with E-state index in [4.69, 9.17) is 0 Å². The van der Waals surface area contributed by atoms with E-state index in [9.17, 15) is 9.59 Å². The summed E-state index contributed by atoms with van der Waals surface area (Å²) < 4.78 is 2.05. The molecule has 1 aliphatic rings. The second-order valence-electron chi connectivity index (χ2n) is 5.28. The van der Waals surface area contributed by atoms with E-state index in [0.717, 1.165) is 24.5 Å². The van der Waals surface area contributed by atoms with E-state index in [-0.39, 0.29) is 11.8 Å². The van der Waals surface area contributed by atoms with Crippen LogP contribution in [0.4, 0.5) is 0 Å². The molecule has 1 aliphatic heterocycles. The van der Waals surface area contributed by atoms with Gasteiger partial charge in [-0.2, -0.15) is 0 Å². The third-order valence-electron chi connectivity index (χ3n) is 3.76. The van der Waals surface area contributed by atoms with Gasteiger partial charge >= 0.3 is 0 Å². The summed E-state index contributed by atoms with van der Waals surface area (Å²) >= 11 is 0. The number of carbonyl (C=O) groups is 2. The molecule has 2 aromatic rings. The van der Waals surface area contributed by atoms with E-state index < -0.39 is 0 Å². The predicted molar refractivity (Wildman–Crippen MR) is 78.1 cm³/mol. The molecule has 0 radical (unpaired) electrons. The molecule has 108 valence electrons. The lowest BCUT2D eigenvalue weighted by Crippen LogP contribution is -2.31. The van der Waals surface area contributed by atoms with Gasteiger partial charge in [0.05, 0.1) is 16.8 Å². The van der Waals surface area contributed by atoms with Crippen molar-refractivity contribution in [3.63, 3.8) is 0 Å². The first-order valence-corrected chi connectivity index (χ1v) is 7.03. The highest BCUT2D eigenvalue weighted by atomic mass is 16.2. The zero-order chi connectivity index (χ0) is 15.0. The Morgan fingerprint density at radius 1 is 1.00 bits per heavy atom. The Bertz CT molecular complexity index is 683. The third kappa shape index (κ3) is 2.35. The van der Waals surface area contributed by atoms with Gasteiger partial charge in [-0.1, -0.05) is 12.1 Å². The molecular formula is C16H17N3O2. The average Bonchev–Trinajstić information content (AvgIpc) is 2.91. The number of rotatable bonds is 4. The van der Waals surface area contributed by atoms with Crippen LogP contribution in [0.2, 0.25) is 0 Å². The summed E-state index contributed by atoms with van der Waals surface area (Å²) in [7, 11) is 0. The number of hydrogen-bond acceptors (Lipinski definition) is 3. The number of amides is 2. The first kappa shape index (κ1) is 13.5.